The lowest BCUT2D eigenvalue weighted by Gasteiger charge is -2.43. The Morgan fingerprint density at radius 2 is 1.83 bits per heavy atom. The molecular weight excluding hydrogens is 144 g/mol. The number of hydrogen-bond acceptors (Lipinski definition) is 0. The van der Waals surface area contributed by atoms with Crippen LogP contribution in [0.2, 0.25) is 0 Å². The van der Waals surface area contributed by atoms with E-state index in [2.05, 4.69) is 20.8 Å². The number of rotatable bonds is 0. The Labute approximate surface area is 76.7 Å². The highest BCUT2D eigenvalue weighted by Gasteiger charge is 2.47. The molecule has 0 amide bonds. The fraction of sp³-hybridized carbons (Fsp3) is 1.00. The summed E-state index contributed by atoms with van der Waals surface area (Å²) in [6.07, 6.45) is 7.49. The van der Waals surface area contributed by atoms with Crippen molar-refractivity contribution in [1.29, 1.82) is 0 Å². The van der Waals surface area contributed by atoms with Gasteiger partial charge in [-0.2, -0.15) is 0 Å². The van der Waals surface area contributed by atoms with Gasteiger partial charge in [0.1, 0.15) is 0 Å². The van der Waals surface area contributed by atoms with E-state index in [4.69, 9.17) is 0 Å². The Kier molecular flexibility index (Phi) is 1.97. The lowest BCUT2D eigenvalue weighted by Crippen LogP contribution is -2.34. The summed E-state index contributed by atoms with van der Waals surface area (Å²) in [4.78, 5) is 0. The van der Waals surface area contributed by atoms with Crippen LogP contribution < -0.4 is 0 Å². The molecule has 2 aliphatic carbocycles. The summed E-state index contributed by atoms with van der Waals surface area (Å²) in [7, 11) is 0. The quantitative estimate of drug-likeness (QED) is 0.512. The van der Waals surface area contributed by atoms with Gasteiger partial charge in [-0.15, -0.1) is 0 Å². The molecule has 2 rings (SSSR count). The first-order valence-electron chi connectivity index (χ1n) is 5.64. The zero-order chi connectivity index (χ0) is 8.77. The van der Waals surface area contributed by atoms with Crippen LogP contribution in [0.5, 0.6) is 0 Å². The molecule has 12 heavy (non-hydrogen) atoms. The zero-order valence-electron chi connectivity index (χ0n) is 8.77. The Balaban J connectivity index is 2.20. The summed E-state index contributed by atoms with van der Waals surface area (Å²) in [5.41, 5.74) is 0.720. The molecule has 2 fully saturated rings. The fourth-order valence-corrected chi connectivity index (χ4v) is 3.83. The molecule has 0 aromatic carbocycles. The predicted molar refractivity (Wildman–Crippen MR) is 53.0 cm³/mol. The normalized spacial score (nSPS) is 53.8. The smallest absolute Gasteiger partial charge is 0.0269 e. The van der Waals surface area contributed by atoms with Crippen molar-refractivity contribution >= 4 is 0 Å². The summed E-state index contributed by atoms with van der Waals surface area (Å²) in [5.74, 6) is 3.06. The van der Waals surface area contributed by atoms with Gasteiger partial charge in [-0.05, 0) is 42.4 Å². The summed E-state index contributed by atoms with van der Waals surface area (Å²) in [6.45, 7) is 7.49. The molecule has 0 spiro atoms. The Hall–Kier alpha value is 0. The Morgan fingerprint density at radius 3 is 2.50 bits per heavy atom. The second-order valence-electron chi connectivity index (χ2n) is 5.46. The van der Waals surface area contributed by atoms with Crippen molar-refractivity contribution in [3.8, 4) is 0 Å². The van der Waals surface area contributed by atoms with Gasteiger partial charge in [0.2, 0.25) is 0 Å². The number of fused-ring (bicyclic) bond motifs is 1. The van der Waals surface area contributed by atoms with E-state index < -0.39 is 0 Å². The second-order valence-corrected chi connectivity index (χ2v) is 5.46. The summed E-state index contributed by atoms with van der Waals surface area (Å²) in [6, 6.07) is 0. The van der Waals surface area contributed by atoms with Crippen LogP contribution in [-0.2, 0) is 0 Å². The van der Waals surface area contributed by atoms with Gasteiger partial charge >= 0.3 is 0 Å². The van der Waals surface area contributed by atoms with E-state index in [0.717, 1.165) is 23.2 Å². The van der Waals surface area contributed by atoms with Crippen LogP contribution in [0.25, 0.3) is 0 Å². The maximum Gasteiger partial charge on any atom is -0.0269 e. The molecule has 0 aliphatic heterocycles. The predicted octanol–water partition coefficient (Wildman–Crippen LogP) is 3.86. The average molecular weight is 166 g/mol. The van der Waals surface area contributed by atoms with Crippen molar-refractivity contribution in [2.45, 2.75) is 52.9 Å². The molecule has 0 N–H and O–H groups in total. The van der Waals surface area contributed by atoms with Crippen LogP contribution in [0.4, 0.5) is 0 Å². The summed E-state index contributed by atoms with van der Waals surface area (Å²) in [5, 5.41) is 0. The van der Waals surface area contributed by atoms with E-state index in [-0.39, 0.29) is 0 Å². The molecule has 2 aliphatic rings. The van der Waals surface area contributed by atoms with Gasteiger partial charge in [-0.3, -0.25) is 0 Å². The van der Waals surface area contributed by atoms with Gasteiger partial charge in [-0.1, -0.05) is 33.6 Å². The minimum absolute atomic E-state index is 0.720. The van der Waals surface area contributed by atoms with Gasteiger partial charge in [0.15, 0.2) is 0 Å². The highest BCUT2D eigenvalue weighted by Crippen LogP contribution is 2.56. The SMILES string of the molecule is C[C@H]1CCC[C@@]2(C)C1CC[C@@H]2C. The standard InChI is InChI=1S/C12H22/c1-9-5-4-8-12(3)10(2)6-7-11(9)12/h9-11H,4-8H2,1-3H3/t9-,10-,11?,12+/m0/s1. The summed E-state index contributed by atoms with van der Waals surface area (Å²) >= 11 is 0. The molecule has 0 saturated heterocycles. The minimum atomic E-state index is 0.720. The molecule has 0 heterocycles. The first-order chi connectivity index (χ1) is 5.64. The highest BCUT2D eigenvalue weighted by atomic mass is 14.5. The van der Waals surface area contributed by atoms with Crippen LogP contribution in [-0.4, -0.2) is 0 Å². The maximum atomic E-state index is 2.55. The van der Waals surface area contributed by atoms with Crippen molar-refractivity contribution in [3.05, 3.63) is 0 Å². The van der Waals surface area contributed by atoms with Gasteiger partial charge in [0.05, 0.1) is 0 Å². The molecule has 0 nitrogen and oxygen atoms in total. The van der Waals surface area contributed by atoms with Gasteiger partial charge in [0, 0.05) is 0 Å². The van der Waals surface area contributed by atoms with Crippen LogP contribution in [0.1, 0.15) is 52.9 Å². The molecule has 4 atom stereocenters. The third-order valence-corrected chi connectivity index (χ3v) is 4.95. The van der Waals surface area contributed by atoms with Crippen LogP contribution in [0.15, 0.2) is 0 Å². The molecule has 0 heteroatoms. The van der Waals surface area contributed by atoms with Crippen molar-refractivity contribution in [2.24, 2.45) is 23.2 Å². The Bertz CT molecular complexity index is 173. The van der Waals surface area contributed by atoms with Gasteiger partial charge in [0.25, 0.3) is 0 Å². The third kappa shape index (κ3) is 1.03. The van der Waals surface area contributed by atoms with Crippen molar-refractivity contribution in [1.82, 2.24) is 0 Å². The molecule has 0 bridgehead atoms. The molecule has 0 aromatic rings. The first kappa shape index (κ1) is 8.59. The maximum absolute atomic E-state index is 2.55. The molecule has 70 valence electrons. The topological polar surface area (TPSA) is 0 Å². The van der Waals surface area contributed by atoms with E-state index in [1.54, 1.807) is 0 Å². The molecular formula is C12H22. The lowest BCUT2D eigenvalue weighted by atomic mass is 9.62. The molecule has 1 unspecified atom stereocenters. The monoisotopic (exact) mass is 166 g/mol. The molecule has 0 aromatic heterocycles. The fourth-order valence-electron chi connectivity index (χ4n) is 3.83. The minimum Gasteiger partial charge on any atom is -0.0622 e. The zero-order valence-corrected chi connectivity index (χ0v) is 8.77. The number of hydrogen-bond donors (Lipinski definition) is 0. The first-order valence-corrected chi connectivity index (χ1v) is 5.64. The van der Waals surface area contributed by atoms with E-state index in [1.165, 1.54) is 32.1 Å². The Morgan fingerprint density at radius 1 is 1.08 bits per heavy atom. The van der Waals surface area contributed by atoms with E-state index in [0.29, 0.717) is 0 Å². The lowest BCUT2D eigenvalue weighted by molar-refractivity contribution is 0.0658. The molecule has 0 radical (unpaired) electrons. The van der Waals surface area contributed by atoms with Crippen molar-refractivity contribution in [2.75, 3.05) is 0 Å². The van der Waals surface area contributed by atoms with Crippen LogP contribution >= 0.6 is 0 Å². The largest absolute Gasteiger partial charge is 0.0622 e. The van der Waals surface area contributed by atoms with Crippen LogP contribution in [0.3, 0.4) is 0 Å². The van der Waals surface area contributed by atoms with Gasteiger partial charge in [-0.25, -0.2) is 0 Å². The highest BCUT2D eigenvalue weighted by molar-refractivity contribution is 4.97. The average Bonchev–Trinajstić information content (AvgIpc) is 2.30. The second kappa shape index (κ2) is 2.75. The third-order valence-electron chi connectivity index (χ3n) is 4.95. The molecule has 2 saturated carbocycles. The van der Waals surface area contributed by atoms with E-state index >= 15 is 0 Å². The van der Waals surface area contributed by atoms with Crippen molar-refractivity contribution < 1.29 is 0 Å². The van der Waals surface area contributed by atoms with Crippen LogP contribution in [0, 0.1) is 23.2 Å². The summed E-state index contributed by atoms with van der Waals surface area (Å²) < 4.78 is 0. The van der Waals surface area contributed by atoms with Gasteiger partial charge < -0.3 is 0 Å². The van der Waals surface area contributed by atoms with E-state index in [1.807, 2.05) is 0 Å². The van der Waals surface area contributed by atoms with E-state index in [9.17, 15) is 0 Å². The van der Waals surface area contributed by atoms with Crippen molar-refractivity contribution in [3.63, 3.8) is 0 Å².